The van der Waals surface area contributed by atoms with Crippen LogP contribution in [-0.4, -0.2) is 18.4 Å². The number of amides is 2. The second-order valence-electron chi connectivity index (χ2n) is 6.14. The van der Waals surface area contributed by atoms with Gasteiger partial charge in [-0.15, -0.1) is 0 Å². The lowest BCUT2D eigenvalue weighted by molar-refractivity contribution is -0.117. The monoisotopic (exact) mass is 428 g/mol. The van der Waals surface area contributed by atoms with E-state index in [0.717, 1.165) is 5.56 Å². The van der Waals surface area contributed by atoms with Gasteiger partial charge in [-0.3, -0.25) is 9.59 Å². The second kappa shape index (κ2) is 9.96. The van der Waals surface area contributed by atoms with Gasteiger partial charge >= 0.3 is 0 Å². The van der Waals surface area contributed by atoms with Crippen LogP contribution in [0.1, 0.15) is 21.7 Å². The molecular weight excluding hydrogens is 411 g/mol. The van der Waals surface area contributed by atoms with Crippen molar-refractivity contribution in [3.05, 3.63) is 99.6 Å². The molecule has 0 bridgehead atoms. The maximum absolute atomic E-state index is 12.7. The first-order chi connectivity index (χ1) is 14.0. The minimum absolute atomic E-state index is 0.0796. The van der Waals surface area contributed by atoms with Gasteiger partial charge in [-0.2, -0.15) is 0 Å². The molecule has 148 valence electrons. The molecule has 0 radical (unpaired) electrons. The van der Waals surface area contributed by atoms with Crippen molar-refractivity contribution in [3.8, 4) is 0 Å². The molecule has 29 heavy (non-hydrogen) atoms. The summed E-state index contributed by atoms with van der Waals surface area (Å²) in [5, 5.41) is 6.52. The maximum Gasteiger partial charge on any atom is 0.267 e. The fraction of sp³-hybridized carbons (Fsp3) is 0.0909. The lowest BCUT2D eigenvalue weighted by atomic mass is 10.1. The molecule has 3 rings (SSSR count). The Morgan fingerprint density at radius 2 is 1.79 bits per heavy atom. The van der Waals surface area contributed by atoms with Gasteiger partial charge in [0.2, 0.25) is 0 Å². The third-order valence-electron chi connectivity index (χ3n) is 4.05. The molecular formula is C22H18Cl2N2O3. The van der Waals surface area contributed by atoms with E-state index in [1.54, 1.807) is 48.5 Å². The summed E-state index contributed by atoms with van der Waals surface area (Å²) in [5.74, 6) is -0.376. The number of carbonyl (C=O) groups is 2. The van der Waals surface area contributed by atoms with Crippen LogP contribution in [0.3, 0.4) is 0 Å². The van der Waals surface area contributed by atoms with E-state index in [2.05, 4.69) is 10.6 Å². The number of hydrogen-bond donors (Lipinski definition) is 2. The quantitative estimate of drug-likeness (QED) is 0.534. The van der Waals surface area contributed by atoms with Crippen molar-refractivity contribution in [1.29, 1.82) is 0 Å². The third kappa shape index (κ3) is 5.98. The van der Waals surface area contributed by atoms with Gasteiger partial charge in [-0.05, 0) is 48.4 Å². The van der Waals surface area contributed by atoms with Gasteiger partial charge in [-0.25, -0.2) is 0 Å². The van der Waals surface area contributed by atoms with Gasteiger partial charge in [-0.1, -0.05) is 47.5 Å². The zero-order valence-corrected chi connectivity index (χ0v) is 16.8. The Bertz CT molecular complexity index is 1020. The molecule has 0 spiro atoms. The van der Waals surface area contributed by atoms with E-state index < -0.39 is 5.91 Å². The number of halogens is 2. The first-order valence-corrected chi connectivity index (χ1v) is 9.62. The van der Waals surface area contributed by atoms with Crippen molar-refractivity contribution in [3.63, 3.8) is 0 Å². The fourth-order valence-electron chi connectivity index (χ4n) is 2.59. The minimum atomic E-state index is -0.434. The van der Waals surface area contributed by atoms with Crippen molar-refractivity contribution in [2.24, 2.45) is 0 Å². The van der Waals surface area contributed by atoms with Crippen LogP contribution in [0.2, 0.25) is 10.0 Å². The lowest BCUT2D eigenvalue weighted by Crippen LogP contribution is -2.35. The zero-order valence-electron chi connectivity index (χ0n) is 15.3. The van der Waals surface area contributed by atoms with Crippen molar-refractivity contribution < 1.29 is 14.0 Å². The summed E-state index contributed by atoms with van der Waals surface area (Å²) < 4.78 is 5.26. The molecule has 0 saturated heterocycles. The minimum Gasteiger partial charge on any atom is -0.465 e. The number of carbonyl (C=O) groups excluding carboxylic acids is 2. The van der Waals surface area contributed by atoms with Gasteiger partial charge in [0.15, 0.2) is 0 Å². The molecule has 1 aromatic heterocycles. The van der Waals surface area contributed by atoms with Crippen molar-refractivity contribution >= 4 is 41.1 Å². The molecule has 1 heterocycles. The molecule has 0 fully saturated rings. The van der Waals surface area contributed by atoms with E-state index in [1.165, 1.54) is 12.3 Å². The van der Waals surface area contributed by atoms with Crippen molar-refractivity contribution in [2.75, 3.05) is 6.54 Å². The van der Waals surface area contributed by atoms with Gasteiger partial charge in [0.05, 0.1) is 6.26 Å². The number of benzene rings is 2. The van der Waals surface area contributed by atoms with E-state index in [9.17, 15) is 9.59 Å². The van der Waals surface area contributed by atoms with E-state index >= 15 is 0 Å². The van der Waals surface area contributed by atoms with Gasteiger partial charge in [0, 0.05) is 28.2 Å². The van der Waals surface area contributed by atoms with Crippen molar-refractivity contribution in [1.82, 2.24) is 10.6 Å². The number of furan rings is 1. The fourth-order valence-corrected chi connectivity index (χ4v) is 3.09. The highest BCUT2D eigenvalue weighted by Crippen LogP contribution is 2.21. The molecule has 0 aliphatic carbocycles. The summed E-state index contributed by atoms with van der Waals surface area (Å²) >= 11 is 12.1. The van der Waals surface area contributed by atoms with E-state index in [0.29, 0.717) is 34.3 Å². The normalized spacial score (nSPS) is 11.2. The molecule has 0 saturated carbocycles. The van der Waals surface area contributed by atoms with E-state index in [-0.39, 0.29) is 11.6 Å². The number of rotatable bonds is 7. The molecule has 0 aliphatic rings. The SMILES string of the molecule is O=C(NCCc1ccc(Cl)cc1Cl)C(=Cc1ccco1)NC(=O)c1ccccc1. The van der Waals surface area contributed by atoms with Crippen molar-refractivity contribution in [2.45, 2.75) is 6.42 Å². The topological polar surface area (TPSA) is 71.3 Å². The first kappa shape index (κ1) is 20.7. The van der Waals surface area contributed by atoms with Crippen LogP contribution < -0.4 is 10.6 Å². The summed E-state index contributed by atoms with van der Waals surface area (Å²) in [6.07, 6.45) is 3.48. The van der Waals surface area contributed by atoms with Crippen LogP contribution in [0.5, 0.6) is 0 Å². The highest BCUT2D eigenvalue weighted by Gasteiger charge is 2.15. The van der Waals surface area contributed by atoms with Gasteiger partial charge in [0.25, 0.3) is 11.8 Å². The van der Waals surface area contributed by atoms with Crippen LogP contribution >= 0.6 is 23.2 Å². The summed E-state index contributed by atoms with van der Waals surface area (Å²) in [5.41, 5.74) is 1.39. The molecule has 2 amide bonds. The molecule has 0 aliphatic heterocycles. The average Bonchev–Trinajstić information content (AvgIpc) is 3.23. The largest absolute Gasteiger partial charge is 0.465 e. The Balaban J connectivity index is 1.68. The Morgan fingerprint density at radius 3 is 2.48 bits per heavy atom. The zero-order chi connectivity index (χ0) is 20.6. The maximum atomic E-state index is 12.7. The third-order valence-corrected chi connectivity index (χ3v) is 4.64. The Kier molecular flexibility index (Phi) is 7.11. The van der Waals surface area contributed by atoms with Crippen LogP contribution in [0.4, 0.5) is 0 Å². The highest BCUT2D eigenvalue weighted by molar-refractivity contribution is 6.35. The van der Waals surface area contributed by atoms with E-state index in [1.807, 2.05) is 12.1 Å². The predicted octanol–water partition coefficient (Wildman–Crippen LogP) is 4.72. The van der Waals surface area contributed by atoms with Gasteiger partial charge < -0.3 is 15.1 Å². The van der Waals surface area contributed by atoms with Crippen LogP contribution in [0.25, 0.3) is 6.08 Å². The smallest absolute Gasteiger partial charge is 0.267 e. The standard InChI is InChI=1S/C22H18Cl2N2O3/c23-17-9-8-15(19(24)13-17)10-11-25-22(28)20(14-18-7-4-12-29-18)26-21(27)16-5-2-1-3-6-16/h1-9,12-14H,10-11H2,(H,25,28)(H,26,27). The van der Waals surface area contributed by atoms with Crippen LogP contribution in [-0.2, 0) is 11.2 Å². The number of nitrogens with one attached hydrogen (secondary N) is 2. The molecule has 0 atom stereocenters. The summed E-state index contributed by atoms with van der Waals surface area (Å²) in [4.78, 5) is 25.1. The first-order valence-electron chi connectivity index (χ1n) is 8.86. The van der Waals surface area contributed by atoms with Gasteiger partial charge in [0.1, 0.15) is 11.5 Å². The van der Waals surface area contributed by atoms with Crippen LogP contribution in [0.15, 0.2) is 77.0 Å². The Morgan fingerprint density at radius 1 is 1.00 bits per heavy atom. The Labute approximate surface area is 178 Å². The molecule has 2 N–H and O–H groups in total. The summed E-state index contributed by atoms with van der Waals surface area (Å²) in [7, 11) is 0. The molecule has 3 aromatic rings. The lowest BCUT2D eigenvalue weighted by Gasteiger charge is -2.11. The number of hydrogen-bond acceptors (Lipinski definition) is 3. The average molecular weight is 429 g/mol. The molecule has 5 nitrogen and oxygen atoms in total. The van der Waals surface area contributed by atoms with Crippen LogP contribution in [0, 0.1) is 0 Å². The highest BCUT2D eigenvalue weighted by atomic mass is 35.5. The predicted molar refractivity (Wildman–Crippen MR) is 114 cm³/mol. The molecule has 7 heteroatoms. The Hall–Kier alpha value is -3.02. The summed E-state index contributed by atoms with van der Waals surface area (Å²) in [6.45, 7) is 0.330. The molecule has 0 unspecified atom stereocenters. The molecule has 2 aromatic carbocycles. The van der Waals surface area contributed by atoms with E-state index in [4.69, 9.17) is 27.6 Å². The second-order valence-corrected chi connectivity index (χ2v) is 6.98. The summed E-state index contributed by atoms with van der Waals surface area (Å²) in [6, 6.07) is 17.2.